The quantitative estimate of drug-likeness (QED) is 0.816. The van der Waals surface area contributed by atoms with Crippen molar-refractivity contribution in [2.24, 2.45) is 0 Å². The molecule has 1 aromatic heterocycles. The fourth-order valence-electron chi connectivity index (χ4n) is 1.65. The number of thiophene rings is 1. The lowest BCUT2D eigenvalue weighted by molar-refractivity contribution is -0.122. The van der Waals surface area contributed by atoms with Crippen LogP contribution in [0.2, 0.25) is 0 Å². The van der Waals surface area contributed by atoms with E-state index in [1.165, 1.54) is 4.88 Å². The summed E-state index contributed by atoms with van der Waals surface area (Å²) in [5.74, 6) is 0.0800. The molecule has 2 N–H and O–H groups in total. The topological polar surface area (TPSA) is 50.4 Å². The number of carbonyl (C=O) groups is 1. The Kier molecular flexibility index (Phi) is 4.33. The minimum atomic E-state index is 0.0800. The molecule has 1 aliphatic heterocycles. The zero-order valence-corrected chi connectivity index (χ0v) is 9.89. The summed E-state index contributed by atoms with van der Waals surface area (Å²) in [6, 6.07) is 4.17. The highest BCUT2D eigenvalue weighted by Gasteiger charge is 2.16. The Hall–Kier alpha value is -0.910. The molecular formula is C11H16N2O2S. The minimum absolute atomic E-state index is 0.0800. The van der Waals surface area contributed by atoms with E-state index in [1.807, 2.05) is 17.5 Å². The maximum Gasteiger partial charge on any atom is 0.221 e. The van der Waals surface area contributed by atoms with Gasteiger partial charge in [-0.3, -0.25) is 4.79 Å². The van der Waals surface area contributed by atoms with Crippen LogP contribution in [-0.4, -0.2) is 31.7 Å². The number of hydrogen-bond acceptors (Lipinski definition) is 4. The third-order valence-corrected chi connectivity index (χ3v) is 3.35. The molecule has 5 heteroatoms. The molecule has 0 aromatic carbocycles. The molecule has 0 aliphatic carbocycles. The molecule has 0 saturated carbocycles. The highest BCUT2D eigenvalue weighted by molar-refractivity contribution is 7.09. The molecule has 0 unspecified atom stereocenters. The molecule has 1 saturated heterocycles. The van der Waals surface area contributed by atoms with Crippen molar-refractivity contribution < 1.29 is 9.53 Å². The molecule has 2 heterocycles. The Morgan fingerprint density at radius 1 is 1.69 bits per heavy atom. The largest absolute Gasteiger partial charge is 0.378 e. The van der Waals surface area contributed by atoms with Crippen molar-refractivity contribution in [2.45, 2.75) is 19.0 Å². The lowest BCUT2D eigenvalue weighted by Gasteiger charge is -2.23. The Labute approximate surface area is 99.0 Å². The summed E-state index contributed by atoms with van der Waals surface area (Å²) in [6.07, 6.45) is 0.491. The molecule has 0 bridgehead atoms. The van der Waals surface area contributed by atoms with E-state index in [9.17, 15) is 4.79 Å². The van der Waals surface area contributed by atoms with Gasteiger partial charge in [0.05, 0.1) is 19.8 Å². The normalized spacial score (nSPS) is 20.6. The van der Waals surface area contributed by atoms with Gasteiger partial charge in [0.1, 0.15) is 0 Å². The summed E-state index contributed by atoms with van der Waals surface area (Å²) in [5.41, 5.74) is 0. The van der Waals surface area contributed by atoms with Crippen molar-refractivity contribution in [3.63, 3.8) is 0 Å². The van der Waals surface area contributed by atoms with Gasteiger partial charge in [0.2, 0.25) is 5.91 Å². The van der Waals surface area contributed by atoms with Gasteiger partial charge < -0.3 is 15.4 Å². The SMILES string of the molecule is O=C(C[C@@H]1COCCN1)NCc1cccs1. The van der Waals surface area contributed by atoms with Crippen LogP contribution in [0.15, 0.2) is 17.5 Å². The monoisotopic (exact) mass is 240 g/mol. The van der Waals surface area contributed by atoms with Gasteiger partial charge in [-0.2, -0.15) is 0 Å². The van der Waals surface area contributed by atoms with Crippen LogP contribution in [0.25, 0.3) is 0 Å². The zero-order valence-electron chi connectivity index (χ0n) is 9.07. The second kappa shape index (κ2) is 5.98. The molecule has 1 fully saturated rings. The highest BCUT2D eigenvalue weighted by Crippen LogP contribution is 2.07. The van der Waals surface area contributed by atoms with Crippen molar-refractivity contribution >= 4 is 17.2 Å². The van der Waals surface area contributed by atoms with Gasteiger partial charge in [0.25, 0.3) is 0 Å². The standard InChI is InChI=1S/C11H16N2O2S/c14-11(6-9-8-15-4-3-12-9)13-7-10-2-1-5-16-10/h1-2,5,9,12H,3-4,6-8H2,(H,13,14)/t9-/m1/s1. The van der Waals surface area contributed by atoms with Gasteiger partial charge in [-0.25, -0.2) is 0 Å². The predicted molar refractivity (Wildman–Crippen MR) is 63.4 cm³/mol. The van der Waals surface area contributed by atoms with E-state index in [0.717, 1.165) is 13.2 Å². The van der Waals surface area contributed by atoms with E-state index in [4.69, 9.17) is 4.74 Å². The van der Waals surface area contributed by atoms with Gasteiger partial charge in [-0.15, -0.1) is 11.3 Å². The van der Waals surface area contributed by atoms with Gasteiger partial charge in [-0.1, -0.05) is 6.07 Å². The van der Waals surface area contributed by atoms with Crippen LogP contribution < -0.4 is 10.6 Å². The third-order valence-electron chi connectivity index (χ3n) is 2.47. The number of nitrogens with one attached hydrogen (secondary N) is 2. The molecule has 4 nitrogen and oxygen atoms in total. The fraction of sp³-hybridized carbons (Fsp3) is 0.545. The second-order valence-corrected chi connectivity index (χ2v) is 4.82. The molecule has 1 aromatic rings. The molecule has 1 atom stereocenters. The maximum absolute atomic E-state index is 11.6. The van der Waals surface area contributed by atoms with Crippen LogP contribution >= 0.6 is 11.3 Å². The summed E-state index contributed by atoms with van der Waals surface area (Å²) in [6.45, 7) is 2.84. The van der Waals surface area contributed by atoms with E-state index >= 15 is 0 Å². The third kappa shape index (κ3) is 3.59. The van der Waals surface area contributed by atoms with Crippen LogP contribution in [0.3, 0.4) is 0 Å². The summed E-state index contributed by atoms with van der Waals surface area (Å²) >= 11 is 1.66. The van der Waals surface area contributed by atoms with Crippen LogP contribution in [0.1, 0.15) is 11.3 Å². The summed E-state index contributed by atoms with van der Waals surface area (Å²) in [4.78, 5) is 12.8. The van der Waals surface area contributed by atoms with Crippen molar-refractivity contribution in [2.75, 3.05) is 19.8 Å². The first-order valence-corrected chi connectivity index (χ1v) is 6.33. The van der Waals surface area contributed by atoms with Crippen LogP contribution in [-0.2, 0) is 16.1 Å². The van der Waals surface area contributed by atoms with Gasteiger partial charge in [0, 0.05) is 23.9 Å². The summed E-state index contributed by atoms with van der Waals surface area (Å²) in [5, 5.41) is 8.18. The van der Waals surface area contributed by atoms with Crippen molar-refractivity contribution in [1.29, 1.82) is 0 Å². The molecule has 1 amide bonds. The first-order valence-electron chi connectivity index (χ1n) is 5.45. The van der Waals surface area contributed by atoms with Gasteiger partial charge in [-0.05, 0) is 11.4 Å². The molecule has 2 rings (SSSR count). The number of rotatable bonds is 4. The number of carbonyl (C=O) groups excluding carboxylic acids is 1. The average Bonchev–Trinajstić information content (AvgIpc) is 2.81. The first-order chi connectivity index (χ1) is 7.84. The van der Waals surface area contributed by atoms with E-state index in [1.54, 1.807) is 11.3 Å². The molecule has 88 valence electrons. The number of ether oxygens (including phenoxy) is 1. The van der Waals surface area contributed by atoms with Crippen molar-refractivity contribution in [3.05, 3.63) is 22.4 Å². The predicted octanol–water partition coefficient (Wildman–Crippen LogP) is 0.743. The van der Waals surface area contributed by atoms with Crippen molar-refractivity contribution in [1.82, 2.24) is 10.6 Å². The lowest BCUT2D eigenvalue weighted by atomic mass is 10.2. The smallest absolute Gasteiger partial charge is 0.221 e. The molecular weight excluding hydrogens is 224 g/mol. The second-order valence-electron chi connectivity index (χ2n) is 3.79. The minimum Gasteiger partial charge on any atom is -0.378 e. The van der Waals surface area contributed by atoms with E-state index in [-0.39, 0.29) is 11.9 Å². The Balaban J connectivity index is 1.67. The van der Waals surface area contributed by atoms with Gasteiger partial charge in [0.15, 0.2) is 0 Å². The number of morpholine rings is 1. The molecule has 16 heavy (non-hydrogen) atoms. The number of amides is 1. The maximum atomic E-state index is 11.6. The number of hydrogen-bond donors (Lipinski definition) is 2. The van der Waals surface area contributed by atoms with E-state index in [2.05, 4.69) is 10.6 Å². The zero-order chi connectivity index (χ0) is 11.2. The Morgan fingerprint density at radius 2 is 2.62 bits per heavy atom. The van der Waals surface area contributed by atoms with Crippen LogP contribution in [0, 0.1) is 0 Å². The molecule has 0 spiro atoms. The summed E-state index contributed by atoms with van der Waals surface area (Å²) in [7, 11) is 0. The van der Waals surface area contributed by atoms with Crippen molar-refractivity contribution in [3.8, 4) is 0 Å². The van der Waals surface area contributed by atoms with E-state index < -0.39 is 0 Å². The average molecular weight is 240 g/mol. The summed E-state index contributed by atoms with van der Waals surface area (Å²) < 4.78 is 5.29. The first kappa shape index (κ1) is 11.6. The van der Waals surface area contributed by atoms with E-state index in [0.29, 0.717) is 19.6 Å². The Bertz CT molecular complexity index is 321. The fourth-order valence-corrected chi connectivity index (χ4v) is 2.29. The molecule has 0 radical (unpaired) electrons. The van der Waals surface area contributed by atoms with Gasteiger partial charge >= 0.3 is 0 Å². The lowest BCUT2D eigenvalue weighted by Crippen LogP contribution is -2.44. The Morgan fingerprint density at radius 3 is 3.31 bits per heavy atom. The molecule has 1 aliphatic rings. The highest BCUT2D eigenvalue weighted by atomic mass is 32.1. The van der Waals surface area contributed by atoms with Crippen LogP contribution in [0.5, 0.6) is 0 Å². The van der Waals surface area contributed by atoms with Crippen LogP contribution in [0.4, 0.5) is 0 Å².